The molecule has 0 unspecified atom stereocenters. The Morgan fingerprint density at radius 1 is 0.611 bits per heavy atom. The summed E-state index contributed by atoms with van der Waals surface area (Å²) in [5.74, 6) is -1.79. The van der Waals surface area contributed by atoms with Gasteiger partial charge in [0, 0.05) is 11.1 Å². The summed E-state index contributed by atoms with van der Waals surface area (Å²) in [5, 5.41) is 5.08. The predicted octanol–water partition coefficient (Wildman–Crippen LogP) is 3.25. The van der Waals surface area contributed by atoms with E-state index in [9.17, 15) is 19.2 Å². The molecule has 186 valence electrons. The summed E-state index contributed by atoms with van der Waals surface area (Å²) in [4.78, 5) is 48.1. The molecular formula is C28H28N2O6. The highest BCUT2D eigenvalue weighted by atomic mass is 16.5. The average Bonchev–Trinajstić information content (AvgIpc) is 2.88. The fraction of sp³-hybridized carbons (Fsp3) is 0.214. The molecule has 0 atom stereocenters. The molecule has 3 aromatic carbocycles. The van der Waals surface area contributed by atoms with Gasteiger partial charge >= 0.3 is 11.9 Å². The molecule has 2 amide bonds. The van der Waals surface area contributed by atoms with Crippen molar-refractivity contribution in [3.8, 4) is 0 Å². The molecule has 0 aliphatic carbocycles. The zero-order valence-electron chi connectivity index (χ0n) is 20.2. The summed E-state index contributed by atoms with van der Waals surface area (Å²) in [6, 6.07) is 21.1. The van der Waals surface area contributed by atoms with Crippen LogP contribution < -0.4 is 10.6 Å². The molecule has 3 aromatic rings. The maximum Gasteiger partial charge on any atom is 0.325 e. The van der Waals surface area contributed by atoms with Crippen molar-refractivity contribution >= 4 is 23.8 Å². The molecule has 0 aromatic heterocycles. The Hall–Kier alpha value is -4.46. The lowest BCUT2D eigenvalue weighted by Crippen LogP contribution is -2.30. The van der Waals surface area contributed by atoms with Crippen molar-refractivity contribution < 1.29 is 28.7 Å². The van der Waals surface area contributed by atoms with Gasteiger partial charge in [-0.15, -0.1) is 0 Å². The number of esters is 2. The SMILES string of the molecule is Cc1cccc(C(=O)NCC(=O)OCc2ccc(COC(=O)CNC(=O)c3cccc(C)c3)cc2)c1. The van der Waals surface area contributed by atoms with E-state index in [0.717, 1.165) is 22.3 Å². The number of hydrogen-bond donors (Lipinski definition) is 2. The Labute approximate surface area is 209 Å². The largest absolute Gasteiger partial charge is 0.460 e. The normalized spacial score (nSPS) is 10.3. The van der Waals surface area contributed by atoms with E-state index in [0.29, 0.717) is 11.1 Å². The lowest BCUT2D eigenvalue weighted by Gasteiger charge is -2.09. The van der Waals surface area contributed by atoms with Crippen LogP contribution in [0, 0.1) is 13.8 Å². The van der Waals surface area contributed by atoms with Gasteiger partial charge in [0.1, 0.15) is 26.3 Å². The van der Waals surface area contributed by atoms with Gasteiger partial charge in [0.15, 0.2) is 0 Å². The molecule has 0 fully saturated rings. The number of hydrogen-bond acceptors (Lipinski definition) is 6. The van der Waals surface area contributed by atoms with Crippen LogP contribution >= 0.6 is 0 Å². The van der Waals surface area contributed by atoms with E-state index in [1.54, 1.807) is 60.7 Å². The zero-order valence-corrected chi connectivity index (χ0v) is 20.2. The molecule has 0 saturated heterocycles. The molecule has 8 nitrogen and oxygen atoms in total. The lowest BCUT2D eigenvalue weighted by atomic mass is 10.1. The summed E-state index contributed by atoms with van der Waals surface area (Å²) in [6.07, 6.45) is 0. The summed E-state index contributed by atoms with van der Waals surface area (Å²) >= 11 is 0. The monoisotopic (exact) mass is 488 g/mol. The topological polar surface area (TPSA) is 111 Å². The number of aryl methyl sites for hydroxylation is 2. The Bertz CT molecular complexity index is 1140. The van der Waals surface area contributed by atoms with Crippen molar-refractivity contribution in [2.75, 3.05) is 13.1 Å². The first-order valence-electron chi connectivity index (χ1n) is 11.4. The Morgan fingerprint density at radius 3 is 1.36 bits per heavy atom. The number of carbonyl (C=O) groups excluding carboxylic acids is 4. The fourth-order valence-corrected chi connectivity index (χ4v) is 3.24. The Balaban J connectivity index is 1.34. The fourth-order valence-electron chi connectivity index (χ4n) is 3.24. The van der Waals surface area contributed by atoms with Gasteiger partial charge in [0.05, 0.1) is 0 Å². The molecule has 8 heteroatoms. The highest BCUT2D eigenvalue weighted by Crippen LogP contribution is 2.08. The maximum absolute atomic E-state index is 12.1. The number of nitrogens with one attached hydrogen (secondary N) is 2. The summed E-state index contributed by atoms with van der Waals surface area (Å²) in [5.41, 5.74) is 4.35. The van der Waals surface area contributed by atoms with Gasteiger partial charge in [-0.1, -0.05) is 59.7 Å². The molecule has 0 bridgehead atoms. The second-order valence-electron chi connectivity index (χ2n) is 8.24. The molecule has 0 aliphatic heterocycles. The van der Waals surface area contributed by atoms with Crippen LogP contribution in [0.1, 0.15) is 43.0 Å². The van der Waals surface area contributed by atoms with Crippen LogP contribution in [0.2, 0.25) is 0 Å². The van der Waals surface area contributed by atoms with Crippen LogP contribution in [-0.4, -0.2) is 36.8 Å². The van der Waals surface area contributed by atoms with Crippen LogP contribution in [0.4, 0.5) is 0 Å². The van der Waals surface area contributed by atoms with Gasteiger partial charge in [-0.25, -0.2) is 0 Å². The van der Waals surface area contributed by atoms with E-state index in [4.69, 9.17) is 9.47 Å². The van der Waals surface area contributed by atoms with Crippen molar-refractivity contribution in [3.63, 3.8) is 0 Å². The van der Waals surface area contributed by atoms with Crippen LogP contribution in [0.5, 0.6) is 0 Å². The number of rotatable bonds is 10. The lowest BCUT2D eigenvalue weighted by molar-refractivity contribution is -0.144. The van der Waals surface area contributed by atoms with E-state index < -0.39 is 11.9 Å². The highest BCUT2D eigenvalue weighted by Gasteiger charge is 2.11. The third-order valence-corrected chi connectivity index (χ3v) is 5.17. The maximum atomic E-state index is 12.1. The molecule has 3 rings (SSSR count). The highest BCUT2D eigenvalue weighted by molar-refractivity contribution is 5.96. The first-order valence-corrected chi connectivity index (χ1v) is 11.4. The molecule has 0 radical (unpaired) electrons. The number of carbonyl (C=O) groups is 4. The van der Waals surface area contributed by atoms with Gasteiger partial charge < -0.3 is 20.1 Å². The van der Waals surface area contributed by atoms with Crippen molar-refractivity contribution in [1.29, 1.82) is 0 Å². The van der Waals surface area contributed by atoms with Crippen LogP contribution in [0.15, 0.2) is 72.8 Å². The third-order valence-electron chi connectivity index (χ3n) is 5.17. The van der Waals surface area contributed by atoms with Gasteiger partial charge in [0.2, 0.25) is 0 Å². The summed E-state index contributed by atoms with van der Waals surface area (Å²) in [6.45, 7) is 3.39. The Morgan fingerprint density at radius 2 is 1.00 bits per heavy atom. The standard InChI is InChI=1S/C28H28N2O6/c1-19-5-3-7-23(13-19)27(33)29-15-25(31)35-17-21-9-11-22(12-10-21)18-36-26(32)16-30-28(34)24-8-4-6-20(2)14-24/h3-14H,15-18H2,1-2H3,(H,29,33)(H,30,34). The number of benzene rings is 3. The average molecular weight is 489 g/mol. The van der Waals surface area contributed by atoms with Crippen molar-refractivity contribution in [2.24, 2.45) is 0 Å². The van der Waals surface area contributed by atoms with Crippen LogP contribution in [-0.2, 0) is 32.3 Å². The predicted molar refractivity (Wildman–Crippen MR) is 133 cm³/mol. The van der Waals surface area contributed by atoms with E-state index in [1.807, 2.05) is 26.0 Å². The zero-order chi connectivity index (χ0) is 25.9. The van der Waals surface area contributed by atoms with Gasteiger partial charge in [-0.2, -0.15) is 0 Å². The first kappa shape index (κ1) is 26.2. The minimum atomic E-state index is -0.554. The van der Waals surface area contributed by atoms with Crippen LogP contribution in [0.3, 0.4) is 0 Å². The molecule has 0 spiro atoms. The number of ether oxygens (including phenoxy) is 2. The molecular weight excluding hydrogens is 460 g/mol. The molecule has 36 heavy (non-hydrogen) atoms. The minimum absolute atomic E-state index is 0.0458. The van der Waals surface area contributed by atoms with Crippen molar-refractivity contribution in [1.82, 2.24) is 10.6 Å². The van der Waals surface area contributed by atoms with Crippen molar-refractivity contribution in [2.45, 2.75) is 27.1 Å². The number of amides is 2. The van der Waals surface area contributed by atoms with Gasteiger partial charge in [0.25, 0.3) is 11.8 Å². The third kappa shape index (κ3) is 8.39. The van der Waals surface area contributed by atoms with E-state index in [1.165, 1.54) is 0 Å². The summed E-state index contributed by atoms with van der Waals surface area (Å²) < 4.78 is 10.4. The first-order chi connectivity index (χ1) is 17.3. The van der Waals surface area contributed by atoms with Gasteiger partial charge in [-0.05, 0) is 49.2 Å². The van der Waals surface area contributed by atoms with Gasteiger partial charge in [-0.3, -0.25) is 19.2 Å². The Kier molecular flexibility index (Phi) is 9.33. The minimum Gasteiger partial charge on any atom is -0.460 e. The summed E-state index contributed by atoms with van der Waals surface area (Å²) in [7, 11) is 0. The molecule has 0 heterocycles. The molecule has 2 N–H and O–H groups in total. The molecule has 0 aliphatic rings. The smallest absolute Gasteiger partial charge is 0.325 e. The molecule has 0 saturated carbocycles. The second-order valence-corrected chi connectivity index (χ2v) is 8.24. The van der Waals surface area contributed by atoms with E-state index in [2.05, 4.69) is 10.6 Å². The quantitative estimate of drug-likeness (QED) is 0.424. The van der Waals surface area contributed by atoms with E-state index >= 15 is 0 Å². The second kappa shape index (κ2) is 12.9. The van der Waals surface area contributed by atoms with E-state index in [-0.39, 0.29) is 38.1 Å². The van der Waals surface area contributed by atoms with Crippen molar-refractivity contribution in [3.05, 3.63) is 106 Å². The van der Waals surface area contributed by atoms with Crippen LogP contribution in [0.25, 0.3) is 0 Å².